The number of nitrogens with two attached hydrogens (primary N) is 1. The maximum absolute atomic E-state index is 13.1. The Morgan fingerprint density at radius 2 is 1.86 bits per heavy atom. The fraction of sp³-hybridized carbons (Fsp3) is 0.636. The molecule has 1 unspecified atom stereocenters. The van der Waals surface area contributed by atoms with Crippen molar-refractivity contribution < 1.29 is 9.18 Å². The largest absolute Gasteiger partial charge is 0.369 e. The summed E-state index contributed by atoms with van der Waals surface area (Å²) in [4.78, 5) is 19.2. The van der Waals surface area contributed by atoms with Crippen LogP contribution in [-0.2, 0) is 11.2 Å². The van der Waals surface area contributed by atoms with Crippen molar-refractivity contribution in [3.8, 4) is 0 Å². The summed E-state index contributed by atoms with van der Waals surface area (Å²) < 4.78 is 13.1. The smallest absolute Gasteiger partial charge is 0.222 e. The highest BCUT2D eigenvalue weighted by atomic mass is 19.1. The topological polar surface area (TPSA) is 82.8 Å². The highest BCUT2D eigenvalue weighted by molar-refractivity contribution is 5.82. The van der Waals surface area contributed by atoms with Gasteiger partial charge in [-0.25, -0.2) is 4.39 Å². The Hall–Kier alpha value is -2.15. The van der Waals surface area contributed by atoms with Gasteiger partial charge in [-0.3, -0.25) is 14.7 Å². The first-order chi connectivity index (χ1) is 13.8. The van der Waals surface area contributed by atoms with Crippen LogP contribution in [0, 0.1) is 11.7 Å². The lowest BCUT2D eigenvalue weighted by Crippen LogP contribution is -2.50. The second kappa shape index (κ2) is 11.1. The van der Waals surface area contributed by atoms with Gasteiger partial charge in [-0.1, -0.05) is 18.6 Å². The van der Waals surface area contributed by atoms with Crippen LogP contribution in [-0.4, -0.2) is 55.0 Å². The number of rotatable bonds is 9. The molecule has 0 aromatic heterocycles. The molecule has 2 rings (SSSR count). The lowest BCUT2D eigenvalue weighted by atomic mass is 9.98. The Morgan fingerprint density at radius 1 is 1.21 bits per heavy atom. The number of likely N-dealkylation sites (tertiary alicyclic amines) is 1. The molecule has 0 saturated carbocycles. The number of piperidine rings is 1. The molecule has 1 aliphatic rings. The molecule has 0 radical (unpaired) electrons. The minimum atomic E-state index is -0.403. The van der Waals surface area contributed by atoms with Crippen LogP contribution < -0.4 is 16.4 Å². The van der Waals surface area contributed by atoms with Gasteiger partial charge in [0.25, 0.3) is 0 Å². The van der Waals surface area contributed by atoms with Crippen molar-refractivity contribution in [2.45, 2.75) is 52.0 Å². The van der Waals surface area contributed by atoms with Crippen LogP contribution in [0.5, 0.6) is 0 Å². The first kappa shape index (κ1) is 23.1. The van der Waals surface area contributed by atoms with Gasteiger partial charge in [-0.05, 0) is 70.8 Å². The van der Waals surface area contributed by atoms with Gasteiger partial charge in [0, 0.05) is 18.6 Å². The number of hydrogen-bond acceptors (Lipinski definition) is 3. The van der Waals surface area contributed by atoms with Gasteiger partial charge in [0.15, 0.2) is 5.96 Å². The number of halogens is 1. The molecule has 1 aromatic rings. The van der Waals surface area contributed by atoms with E-state index in [1.165, 1.54) is 31.4 Å². The molecule has 7 heteroatoms. The fourth-order valence-corrected chi connectivity index (χ4v) is 3.61. The summed E-state index contributed by atoms with van der Waals surface area (Å²) in [5.74, 6) is -0.394. The third-order valence-electron chi connectivity index (χ3n) is 5.49. The lowest BCUT2D eigenvalue weighted by molar-refractivity contribution is -0.121. The monoisotopic (exact) mass is 405 g/mol. The molecule has 0 bridgehead atoms. The van der Waals surface area contributed by atoms with E-state index in [0.717, 1.165) is 25.2 Å². The van der Waals surface area contributed by atoms with E-state index in [1.54, 1.807) is 12.1 Å². The SMILES string of the molecule is CCNC(=NCC(C)(C)N1CCCCC1)NCC(Cc1ccc(F)cc1)C(N)=O. The molecule has 1 aromatic carbocycles. The summed E-state index contributed by atoms with van der Waals surface area (Å²) in [6.45, 7) is 10.5. The molecule has 1 atom stereocenters. The predicted octanol–water partition coefficient (Wildman–Crippen LogP) is 2.29. The number of carbonyl (C=O) groups excluding carboxylic acids is 1. The second-order valence-corrected chi connectivity index (χ2v) is 8.37. The van der Waals surface area contributed by atoms with E-state index in [4.69, 9.17) is 10.7 Å². The Balaban J connectivity index is 1.96. The number of carbonyl (C=O) groups is 1. The van der Waals surface area contributed by atoms with Crippen molar-refractivity contribution in [2.24, 2.45) is 16.6 Å². The molecular formula is C22H36FN5O. The Morgan fingerprint density at radius 3 is 2.45 bits per heavy atom. The maximum atomic E-state index is 13.1. The average Bonchev–Trinajstić information content (AvgIpc) is 2.71. The maximum Gasteiger partial charge on any atom is 0.222 e. The van der Waals surface area contributed by atoms with Crippen molar-refractivity contribution in [3.63, 3.8) is 0 Å². The number of amides is 1. The van der Waals surface area contributed by atoms with E-state index >= 15 is 0 Å². The lowest BCUT2D eigenvalue weighted by Gasteiger charge is -2.40. The van der Waals surface area contributed by atoms with Crippen LogP contribution in [0.15, 0.2) is 29.3 Å². The highest BCUT2D eigenvalue weighted by Crippen LogP contribution is 2.20. The molecule has 162 valence electrons. The van der Waals surface area contributed by atoms with E-state index in [1.807, 2.05) is 6.92 Å². The normalized spacial score (nSPS) is 17.0. The minimum Gasteiger partial charge on any atom is -0.369 e. The average molecular weight is 406 g/mol. The van der Waals surface area contributed by atoms with Crippen LogP contribution >= 0.6 is 0 Å². The number of benzene rings is 1. The van der Waals surface area contributed by atoms with Crippen molar-refractivity contribution in [1.29, 1.82) is 0 Å². The Bertz CT molecular complexity index is 668. The molecular weight excluding hydrogens is 369 g/mol. The Kier molecular flexibility index (Phi) is 8.89. The zero-order chi connectivity index (χ0) is 21.3. The zero-order valence-corrected chi connectivity index (χ0v) is 18.0. The number of hydrogen-bond donors (Lipinski definition) is 3. The van der Waals surface area contributed by atoms with Crippen LogP contribution in [0.4, 0.5) is 4.39 Å². The van der Waals surface area contributed by atoms with Crippen LogP contribution in [0.1, 0.15) is 45.6 Å². The van der Waals surface area contributed by atoms with E-state index in [2.05, 4.69) is 29.4 Å². The summed E-state index contributed by atoms with van der Waals surface area (Å²) >= 11 is 0. The minimum absolute atomic E-state index is 0.0139. The van der Waals surface area contributed by atoms with Gasteiger partial charge in [0.2, 0.25) is 5.91 Å². The van der Waals surface area contributed by atoms with Crippen molar-refractivity contribution in [2.75, 3.05) is 32.7 Å². The molecule has 1 amide bonds. The summed E-state index contributed by atoms with van der Waals surface area (Å²) in [6, 6.07) is 6.17. The van der Waals surface area contributed by atoms with Crippen LogP contribution in [0.3, 0.4) is 0 Å². The van der Waals surface area contributed by atoms with E-state index in [9.17, 15) is 9.18 Å². The first-order valence-electron chi connectivity index (χ1n) is 10.6. The molecule has 6 nitrogen and oxygen atoms in total. The molecule has 1 aliphatic heterocycles. The number of aliphatic imine (C=N–C) groups is 1. The van der Waals surface area contributed by atoms with E-state index in [-0.39, 0.29) is 17.3 Å². The van der Waals surface area contributed by atoms with Gasteiger partial charge in [0.05, 0.1) is 12.5 Å². The van der Waals surface area contributed by atoms with Gasteiger partial charge in [-0.15, -0.1) is 0 Å². The highest BCUT2D eigenvalue weighted by Gasteiger charge is 2.27. The van der Waals surface area contributed by atoms with Gasteiger partial charge in [-0.2, -0.15) is 0 Å². The van der Waals surface area contributed by atoms with Gasteiger partial charge < -0.3 is 16.4 Å². The van der Waals surface area contributed by atoms with Gasteiger partial charge >= 0.3 is 0 Å². The molecule has 0 spiro atoms. The quantitative estimate of drug-likeness (QED) is 0.435. The van der Waals surface area contributed by atoms with E-state index < -0.39 is 5.92 Å². The standard InChI is InChI=1S/C22H36FN5O/c1-4-25-21(27-16-22(2,3)28-12-6-5-7-13-28)26-15-18(20(24)29)14-17-8-10-19(23)11-9-17/h8-11,18H,4-7,12-16H2,1-3H3,(H2,24,29)(H2,25,26,27). The first-order valence-corrected chi connectivity index (χ1v) is 10.6. The fourth-order valence-electron chi connectivity index (χ4n) is 3.61. The van der Waals surface area contributed by atoms with Crippen molar-refractivity contribution >= 4 is 11.9 Å². The summed E-state index contributed by atoms with van der Waals surface area (Å²) in [6.07, 6.45) is 4.26. The van der Waals surface area contributed by atoms with Crippen molar-refractivity contribution in [1.82, 2.24) is 15.5 Å². The molecule has 1 saturated heterocycles. The molecule has 1 fully saturated rings. The van der Waals surface area contributed by atoms with Crippen molar-refractivity contribution in [3.05, 3.63) is 35.6 Å². The summed E-state index contributed by atoms with van der Waals surface area (Å²) in [7, 11) is 0. The number of primary amides is 1. The molecule has 1 heterocycles. The summed E-state index contributed by atoms with van der Waals surface area (Å²) in [5, 5.41) is 6.50. The third kappa shape index (κ3) is 7.65. The predicted molar refractivity (Wildman–Crippen MR) is 116 cm³/mol. The van der Waals surface area contributed by atoms with Crippen LogP contribution in [0.25, 0.3) is 0 Å². The zero-order valence-electron chi connectivity index (χ0n) is 18.0. The summed E-state index contributed by atoms with van der Waals surface area (Å²) in [5.41, 5.74) is 6.46. The van der Waals surface area contributed by atoms with Gasteiger partial charge in [0.1, 0.15) is 5.82 Å². The van der Waals surface area contributed by atoms with Crippen LogP contribution in [0.2, 0.25) is 0 Å². The van der Waals surface area contributed by atoms with E-state index in [0.29, 0.717) is 25.5 Å². The molecule has 0 aliphatic carbocycles. The third-order valence-corrected chi connectivity index (χ3v) is 5.49. The Labute approximate surface area is 174 Å². The number of nitrogens with zero attached hydrogens (tertiary/aromatic N) is 2. The molecule has 29 heavy (non-hydrogen) atoms. The number of guanidine groups is 1. The number of nitrogens with one attached hydrogen (secondary N) is 2. The second-order valence-electron chi connectivity index (χ2n) is 8.37. The molecule has 4 N–H and O–H groups in total.